The Balaban J connectivity index is 1.69. The molecule has 34 heavy (non-hydrogen) atoms. The van der Waals surface area contributed by atoms with Crippen molar-refractivity contribution in [1.82, 2.24) is 37.4 Å². The zero-order chi connectivity index (χ0) is 24.7. The minimum atomic E-state index is -1.13. The molecule has 0 radical (unpaired) electrons. The van der Waals surface area contributed by atoms with Crippen LogP contribution in [0.3, 0.4) is 0 Å². The maximum absolute atomic E-state index is 13.1. The van der Waals surface area contributed by atoms with Gasteiger partial charge in [0.2, 0.25) is 0 Å². The number of fused-ring (bicyclic) bond motifs is 2. The molecule has 4 heterocycles. The molecular weight excluding hydrogens is 448 g/mol. The van der Waals surface area contributed by atoms with Crippen LogP contribution in [0.1, 0.15) is 6.42 Å². The van der Waals surface area contributed by atoms with Crippen LogP contribution >= 0.6 is 0 Å². The maximum atomic E-state index is 13.1. The Hall–Kier alpha value is -4.49. The Morgan fingerprint density at radius 2 is 1.41 bits per heavy atom. The van der Waals surface area contributed by atoms with Crippen LogP contribution in [0.25, 0.3) is 22.3 Å². The first-order valence-electron chi connectivity index (χ1n) is 10.3. The molecule has 0 bridgehead atoms. The lowest BCUT2D eigenvalue weighted by atomic mass is 10.3. The van der Waals surface area contributed by atoms with Gasteiger partial charge in [0.1, 0.15) is 0 Å². The van der Waals surface area contributed by atoms with E-state index in [0.29, 0.717) is 0 Å². The number of aromatic nitrogens is 8. The van der Waals surface area contributed by atoms with Crippen molar-refractivity contribution in [1.29, 1.82) is 0 Å². The van der Waals surface area contributed by atoms with Crippen LogP contribution in [-0.4, -0.2) is 48.4 Å². The van der Waals surface area contributed by atoms with E-state index in [1.807, 2.05) is 0 Å². The van der Waals surface area contributed by atoms with Crippen LogP contribution in [0.5, 0.6) is 0 Å². The zero-order valence-electron chi connectivity index (χ0n) is 18.7. The molecule has 4 rings (SSSR count). The van der Waals surface area contributed by atoms with E-state index in [2.05, 4.69) is 9.97 Å². The van der Waals surface area contributed by atoms with Gasteiger partial charge in [-0.25, -0.2) is 24.4 Å². The average molecular weight is 470 g/mol. The first kappa shape index (κ1) is 22.7. The number of imidazole rings is 2. The van der Waals surface area contributed by atoms with Crippen molar-refractivity contribution in [2.24, 2.45) is 21.1 Å². The summed E-state index contributed by atoms with van der Waals surface area (Å²) in [5.74, 6) is -1.13. The fourth-order valence-electron chi connectivity index (χ4n) is 3.91. The summed E-state index contributed by atoms with van der Waals surface area (Å²) in [5.41, 5.74) is -1.38. The minimum Gasteiger partial charge on any atom is -0.478 e. The predicted molar refractivity (Wildman–Crippen MR) is 121 cm³/mol. The van der Waals surface area contributed by atoms with Gasteiger partial charge in [-0.3, -0.25) is 27.9 Å². The topological polar surface area (TPSA) is 161 Å². The van der Waals surface area contributed by atoms with E-state index in [1.54, 1.807) is 7.05 Å². The lowest BCUT2D eigenvalue weighted by Gasteiger charge is -2.11. The summed E-state index contributed by atoms with van der Waals surface area (Å²) in [4.78, 5) is 70.3. The Morgan fingerprint density at radius 1 is 0.882 bits per heavy atom. The van der Waals surface area contributed by atoms with Crippen LogP contribution in [0, 0.1) is 0 Å². The molecule has 0 aliphatic rings. The largest absolute Gasteiger partial charge is 0.478 e. The second kappa shape index (κ2) is 8.46. The molecule has 0 amide bonds. The molecule has 14 heteroatoms. The summed E-state index contributed by atoms with van der Waals surface area (Å²) in [6.45, 7) is 0.0177. The first-order chi connectivity index (χ1) is 16.1. The van der Waals surface area contributed by atoms with Gasteiger partial charge in [0.25, 0.3) is 11.1 Å². The second-order valence-electron chi connectivity index (χ2n) is 7.79. The third kappa shape index (κ3) is 3.58. The third-order valence-corrected chi connectivity index (χ3v) is 5.63. The molecule has 0 spiro atoms. The monoisotopic (exact) mass is 470 g/mol. The van der Waals surface area contributed by atoms with Gasteiger partial charge in [0.15, 0.2) is 22.3 Å². The molecule has 14 nitrogen and oxygen atoms in total. The van der Waals surface area contributed by atoms with Crippen molar-refractivity contribution in [2.45, 2.75) is 26.1 Å². The highest BCUT2D eigenvalue weighted by atomic mass is 16.4. The summed E-state index contributed by atoms with van der Waals surface area (Å²) >= 11 is 0. The summed E-state index contributed by atoms with van der Waals surface area (Å²) < 4.78 is 7.54. The number of hydrogen-bond acceptors (Lipinski definition) is 7. The van der Waals surface area contributed by atoms with Crippen molar-refractivity contribution in [3.05, 3.63) is 66.5 Å². The summed E-state index contributed by atoms with van der Waals surface area (Å²) in [5, 5.41) is 8.77. The van der Waals surface area contributed by atoms with E-state index in [4.69, 9.17) is 5.11 Å². The number of hydrogen-bond donors (Lipinski definition) is 1. The average Bonchev–Trinajstić information content (AvgIpc) is 3.39. The molecule has 0 saturated carbocycles. The van der Waals surface area contributed by atoms with Gasteiger partial charge in [-0.05, 0) is 6.42 Å². The van der Waals surface area contributed by atoms with Crippen LogP contribution in [0.15, 0.2) is 44.0 Å². The second-order valence-corrected chi connectivity index (χ2v) is 7.79. The Morgan fingerprint density at radius 3 is 2.00 bits per heavy atom. The van der Waals surface area contributed by atoms with Gasteiger partial charge in [0.05, 0.1) is 12.7 Å². The van der Waals surface area contributed by atoms with Gasteiger partial charge < -0.3 is 14.2 Å². The Bertz CT molecular complexity index is 1710. The molecule has 4 aromatic heterocycles. The van der Waals surface area contributed by atoms with E-state index >= 15 is 0 Å². The van der Waals surface area contributed by atoms with Crippen molar-refractivity contribution >= 4 is 28.3 Å². The van der Waals surface area contributed by atoms with Crippen LogP contribution < -0.4 is 22.5 Å². The number of carboxylic acid groups (broad SMARTS) is 1. The number of allylic oxidation sites excluding steroid dienone is 1. The van der Waals surface area contributed by atoms with Crippen molar-refractivity contribution in [3.63, 3.8) is 0 Å². The fraction of sp³-hybridized carbons (Fsp3) is 0.350. The van der Waals surface area contributed by atoms with E-state index in [0.717, 1.165) is 15.2 Å². The molecule has 0 fully saturated rings. The van der Waals surface area contributed by atoms with Gasteiger partial charge in [-0.1, -0.05) is 6.08 Å². The number of rotatable bonds is 7. The molecule has 0 unspecified atom stereocenters. The van der Waals surface area contributed by atoms with Gasteiger partial charge in [-0.2, -0.15) is 0 Å². The lowest BCUT2D eigenvalue weighted by molar-refractivity contribution is -0.131. The number of aryl methyl sites for hydroxylation is 3. The van der Waals surface area contributed by atoms with Crippen molar-refractivity contribution in [3.8, 4) is 0 Å². The maximum Gasteiger partial charge on any atom is 0.332 e. The smallest absolute Gasteiger partial charge is 0.332 e. The quantitative estimate of drug-likeness (QED) is 0.315. The Kier molecular flexibility index (Phi) is 5.65. The molecule has 0 aliphatic heterocycles. The molecule has 178 valence electrons. The number of carboxylic acids is 1. The fourth-order valence-corrected chi connectivity index (χ4v) is 3.91. The van der Waals surface area contributed by atoms with Crippen LogP contribution in [0.4, 0.5) is 0 Å². The van der Waals surface area contributed by atoms with E-state index in [-0.39, 0.29) is 48.4 Å². The van der Waals surface area contributed by atoms with E-state index < -0.39 is 28.5 Å². The Labute approximate surface area is 189 Å². The van der Waals surface area contributed by atoms with E-state index in [9.17, 15) is 24.0 Å². The molecule has 1 N–H and O–H groups in total. The van der Waals surface area contributed by atoms with Gasteiger partial charge >= 0.3 is 17.3 Å². The van der Waals surface area contributed by atoms with E-state index in [1.165, 1.54) is 51.1 Å². The highest BCUT2D eigenvalue weighted by Crippen LogP contribution is 2.07. The highest BCUT2D eigenvalue weighted by molar-refractivity contribution is 5.79. The van der Waals surface area contributed by atoms with Gasteiger partial charge in [0, 0.05) is 46.9 Å². The van der Waals surface area contributed by atoms with Crippen molar-refractivity contribution in [2.75, 3.05) is 0 Å². The molecular formula is C20H22N8O6. The van der Waals surface area contributed by atoms with Crippen molar-refractivity contribution < 1.29 is 9.90 Å². The number of carbonyl (C=O) groups is 1. The van der Waals surface area contributed by atoms with Crippen LogP contribution in [0.2, 0.25) is 0 Å². The van der Waals surface area contributed by atoms with Gasteiger partial charge in [-0.15, -0.1) is 0 Å². The highest BCUT2D eigenvalue weighted by Gasteiger charge is 2.17. The zero-order valence-corrected chi connectivity index (χ0v) is 18.7. The van der Waals surface area contributed by atoms with Crippen LogP contribution in [-0.2, 0) is 45.6 Å². The first-order valence-corrected chi connectivity index (χ1v) is 10.3. The molecule has 0 aromatic carbocycles. The summed E-state index contributed by atoms with van der Waals surface area (Å²) in [7, 11) is 4.64. The molecule has 4 aromatic rings. The number of nitrogens with zero attached hydrogens (tertiary/aromatic N) is 8. The number of aliphatic carboxylic acids is 1. The summed E-state index contributed by atoms with van der Waals surface area (Å²) in [6, 6.07) is 0. The SMILES string of the molecule is Cn1cnc2c1c(=O)n(CCCn1c(=O)c3c(ncn3C/C=C/C(=O)O)n(C)c1=O)c(=O)n2C. The third-order valence-electron chi connectivity index (χ3n) is 5.63. The standard InChI is InChI=1S/C20H22N8O6/c1-23-10-21-15-13(23)17(31)27(19(33)24(15)2)8-5-9-28-18(32)14-16(25(3)20(28)34)22-11-26(14)7-4-6-12(29)30/h4,6,10-11H,5,7-9H2,1-3H3,(H,29,30)/b6-4+. The molecule has 0 atom stereocenters. The normalized spacial score (nSPS) is 11.9. The predicted octanol–water partition coefficient (Wildman–Crippen LogP) is -1.63. The molecule has 0 saturated heterocycles. The molecule has 0 aliphatic carbocycles. The lowest BCUT2D eigenvalue weighted by Crippen LogP contribution is -2.42. The minimum absolute atomic E-state index is 0.0130. The summed E-state index contributed by atoms with van der Waals surface area (Å²) in [6.07, 6.45) is 5.27.